The molecule has 0 aromatic rings. The first-order valence-corrected chi connectivity index (χ1v) is 7.14. The molecular formula is C11H18N2O7S. The Hall–Kier alpha value is -1.71. The van der Waals surface area contributed by atoms with E-state index in [1.807, 2.05) is 0 Å². The summed E-state index contributed by atoms with van der Waals surface area (Å²) < 4.78 is 0. The van der Waals surface area contributed by atoms with Gasteiger partial charge >= 0.3 is 5.97 Å². The quantitative estimate of drug-likeness (QED) is 0.468. The molecule has 0 aliphatic rings. The number of carboxylic acid groups (broad SMARTS) is 1. The summed E-state index contributed by atoms with van der Waals surface area (Å²) in [6, 6.07) is -2.48. The van der Waals surface area contributed by atoms with Crippen molar-refractivity contribution in [1.29, 1.82) is 0 Å². The predicted molar refractivity (Wildman–Crippen MR) is 75.6 cm³/mol. The van der Waals surface area contributed by atoms with Gasteiger partial charge in [-0.15, -0.1) is 11.8 Å². The van der Waals surface area contributed by atoms with Crippen LogP contribution in [0.3, 0.4) is 0 Å². The van der Waals surface area contributed by atoms with E-state index in [1.165, 1.54) is 20.8 Å². The minimum absolute atomic E-state index is 0.254. The number of nitrogens with zero attached hydrogens (tertiary/aromatic N) is 2. The van der Waals surface area contributed by atoms with E-state index >= 15 is 0 Å². The maximum absolute atomic E-state index is 11.0. The molecule has 10 heteroatoms. The van der Waals surface area contributed by atoms with Gasteiger partial charge in [0.25, 0.3) is 0 Å². The maximum Gasteiger partial charge on any atom is 0.310 e. The lowest BCUT2D eigenvalue weighted by atomic mass is 10.1. The molecule has 21 heavy (non-hydrogen) atoms. The highest BCUT2D eigenvalue weighted by atomic mass is 32.2. The van der Waals surface area contributed by atoms with Gasteiger partial charge in [-0.05, 0) is 20.8 Å². The van der Waals surface area contributed by atoms with Crippen LogP contribution in [0.25, 0.3) is 0 Å². The highest BCUT2D eigenvalue weighted by Gasteiger charge is 2.37. The average molecular weight is 322 g/mol. The molecule has 0 bridgehead atoms. The molecule has 0 rings (SSSR count). The number of rotatable bonds is 10. The Kier molecular flexibility index (Phi) is 7.85. The molecule has 120 valence electrons. The van der Waals surface area contributed by atoms with Crippen molar-refractivity contribution in [3.05, 3.63) is 20.2 Å². The standard InChI is InChI=1S/C11H18N2O7S/c1-6(14)4-9(12(17)18)7(2)21-8(3)10(13(19)20)5-11(15)16/h7-10H,4-5H2,1-3H3,(H,15,16). The molecule has 0 fully saturated rings. The molecule has 0 radical (unpaired) electrons. The van der Waals surface area contributed by atoms with Crippen LogP contribution < -0.4 is 0 Å². The third kappa shape index (κ3) is 7.02. The monoisotopic (exact) mass is 322 g/mol. The molecule has 0 aromatic carbocycles. The van der Waals surface area contributed by atoms with Gasteiger partial charge in [0.15, 0.2) is 0 Å². The summed E-state index contributed by atoms with van der Waals surface area (Å²) >= 11 is 0.957. The van der Waals surface area contributed by atoms with Crippen LogP contribution in [0.5, 0.6) is 0 Å². The number of carboxylic acids is 1. The molecule has 0 saturated heterocycles. The molecule has 0 aliphatic heterocycles. The summed E-state index contributed by atoms with van der Waals surface area (Å²) in [4.78, 5) is 42.2. The van der Waals surface area contributed by atoms with Gasteiger partial charge in [0.1, 0.15) is 12.2 Å². The fourth-order valence-electron chi connectivity index (χ4n) is 1.82. The number of hydrogen-bond acceptors (Lipinski definition) is 7. The number of ketones is 1. The molecule has 4 atom stereocenters. The normalized spacial score (nSPS) is 16.5. The van der Waals surface area contributed by atoms with Crippen molar-refractivity contribution in [3.63, 3.8) is 0 Å². The molecule has 1 N–H and O–H groups in total. The van der Waals surface area contributed by atoms with Crippen LogP contribution in [0.1, 0.15) is 33.6 Å². The van der Waals surface area contributed by atoms with Crippen LogP contribution >= 0.6 is 11.8 Å². The molecular weight excluding hydrogens is 304 g/mol. The number of carbonyl (C=O) groups excluding carboxylic acids is 1. The minimum Gasteiger partial charge on any atom is -0.481 e. The van der Waals surface area contributed by atoms with Crippen LogP contribution in [0, 0.1) is 20.2 Å². The van der Waals surface area contributed by atoms with Crippen molar-refractivity contribution in [2.24, 2.45) is 0 Å². The first-order chi connectivity index (χ1) is 9.56. The van der Waals surface area contributed by atoms with E-state index in [0.29, 0.717) is 0 Å². The third-order valence-corrected chi connectivity index (χ3v) is 4.42. The van der Waals surface area contributed by atoms with E-state index in [1.54, 1.807) is 0 Å². The average Bonchev–Trinajstić information content (AvgIpc) is 2.31. The summed E-state index contributed by atoms with van der Waals surface area (Å²) in [6.45, 7) is 4.21. The molecule has 0 aromatic heterocycles. The predicted octanol–water partition coefficient (Wildman–Crippen LogP) is 1.24. The van der Waals surface area contributed by atoms with Crippen LogP contribution in [-0.2, 0) is 9.59 Å². The van der Waals surface area contributed by atoms with E-state index in [2.05, 4.69) is 0 Å². The number of nitro groups is 2. The van der Waals surface area contributed by atoms with E-state index in [4.69, 9.17) is 5.11 Å². The van der Waals surface area contributed by atoms with Crippen LogP contribution in [0.4, 0.5) is 0 Å². The van der Waals surface area contributed by atoms with Crippen molar-refractivity contribution in [2.45, 2.75) is 56.2 Å². The summed E-state index contributed by atoms with van der Waals surface area (Å²) in [5, 5.41) is 29.1. The highest BCUT2D eigenvalue weighted by molar-refractivity contribution is 8.00. The highest BCUT2D eigenvalue weighted by Crippen LogP contribution is 2.27. The molecule has 0 amide bonds. The molecule has 4 unspecified atom stereocenters. The lowest BCUT2D eigenvalue weighted by Crippen LogP contribution is -2.37. The van der Waals surface area contributed by atoms with E-state index in [0.717, 1.165) is 11.8 Å². The minimum atomic E-state index is -1.33. The van der Waals surface area contributed by atoms with Crippen LogP contribution in [0.2, 0.25) is 0 Å². The molecule has 0 aliphatic carbocycles. The van der Waals surface area contributed by atoms with Gasteiger partial charge in [0.2, 0.25) is 12.1 Å². The van der Waals surface area contributed by atoms with Gasteiger partial charge in [-0.1, -0.05) is 0 Å². The topological polar surface area (TPSA) is 141 Å². The number of carbonyl (C=O) groups is 2. The Labute approximate surface area is 125 Å². The number of hydrogen-bond donors (Lipinski definition) is 1. The van der Waals surface area contributed by atoms with E-state index in [-0.39, 0.29) is 12.2 Å². The Bertz CT molecular complexity index is 391. The zero-order valence-corrected chi connectivity index (χ0v) is 12.7. The number of Topliss-reactive ketones (excluding diaryl/α,β-unsaturated/α-hetero) is 1. The second-order valence-electron chi connectivity index (χ2n) is 4.76. The first kappa shape index (κ1) is 19.3. The van der Waals surface area contributed by atoms with Crippen molar-refractivity contribution >= 4 is 23.5 Å². The second kappa shape index (κ2) is 8.55. The summed E-state index contributed by atoms with van der Waals surface area (Å²) in [5.74, 6) is -1.64. The van der Waals surface area contributed by atoms with Gasteiger partial charge in [0, 0.05) is 9.85 Å². The molecule has 0 saturated carbocycles. The van der Waals surface area contributed by atoms with Gasteiger partial charge in [-0.2, -0.15) is 0 Å². The van der Waals surface area contributed by atoms with Gasteiger partial charge in [-0.25, -0.2) is 0 Å². The van der Waals surface area contributed by atoms with Crippen LogP contribution in [-0.4, -0.2) is 49.3 Å². The zero-order chi connectivity index (χ0) is 16.7. The van der Waals surface area contributed by atoms with Gasteiger partial charge in [0.05, 0.1) is 16.9 Å². The third-order valence-electron chi connectivity index (χ3n) is 2.93. The number of thioether (sulfide) groups is 1. The SMILES string of the molecule is CC(=O)CC(C(C)SC(C)C(CC(=O)O)[N+](=O)[O-])[N+](=O)[O-]. The fourth-order valence-corrected chi connectivity index (χ4v) is 3.25. The molecule has 0 spiro atoms. The first-order valence-electron chi connectivity index (χ1n) is 6.19. The second-order valence-corrected chi connectivity index (χ2v) is 6.52. The van der Waals surface area contributed by atoms with Crippen molar-refractivity contribution in [3.8, 4) is 0 Å². The largest absolute Gasteiger partial charge is 0.481 e. The lowest BCUT2D eigenvalue weighted by Gasteiger charge is -2.21. The summed E-state index contributed by atoms with van der Waals surface area (Å²) in [5.41, 5.74) is 0. The van der Waals surface area contributed by atoms with Crippen LogP contribution in [0.15, 0.2) is 0 Å². The Morgan fingerprint density at radius 3 is 1.71 bits per heavy atom. The summed E-state index contributed by atoms with van der Waals surface area (Å²) in [6.07, 6.45) is -0.903. The Morgan fingerprint density at radius 2 is 1.43 bits per heavy atom. The Morgan fingerprint density at radius 1 is 1.05 bits per heavy atom. The molecule has 0 heterocycles. The van der Waals surface area contributed by atoms with E-state index in [9.17, 15) is 29.8 Å². The summed E-state index contributed by atoms with van der Waals surface area (Å²) in [7, 11) is 0. The zero-order valence-electron chi connectivity index (χ0n) is 11.9. The maximum atomic E-state index is 11.0. The fraction of sp³-hybridized carbons (Fsp3) is 0.818. The van der Waals surface area contributed by atoms with Gasteiger partial charge < -0.3 is 5.11 Å². The van der Waals surface area contributed by atoms with Crippen molar-refractivity contribution < 1.29 is 24.5 Å². The van der Waals surface area contributed by atoms with E-state index < -0.39 is 44.8 Å². The smallest absolute Gasteiger partial charge is 0.310 e. The number of aliphatic carboxylic acids is 1. The van der Waals surface area contributed by atoms with Gasteiger partial charge in [-0.3, -0.25) is 29.8 Å². The van der Waals surface area contributed by atoms with Crippen molar-refractivity contribution in [2.75, 3.05) is 0 Å². The molecule has 9 nitrogen and oxygen atoms in total. The lowest BCUT2D eigenvalue weighted by molar-refractivity contribution is -0.521. The Balaban J connectivity index is 4.88. The van der Waals surface area contributed by atoms with Crippen molar-refractivity contribution in [1.82, 2.24) is 0 Å².